The number of hydrogen-bond acceptors (Lipinski definition) is 5. The minimum atomic E-state index is -4.67. The first kappa shape index (κ1) is 27.7. The maximum absolute atomic E-state index is 13.1. The third-order valence-electron chi connectivity index (χ3n) is 2.81. The standard InChI is InChI=1S/2C8H7ClFNS.H2O4S/c1-12-8(11)7-5(9)3-2-4-6(7)10;1-11-8(12)7-5(9)3-2-4-6(7)10;1-5(2,3)4/h2-4,11H,1H3;2-4H,1H3,(H,11,12);(H2,1,2,3,4). The van der Waals surface area contributed by atoms with E-state index in [4.69, 9.17) is 58.4 Å². The molecule has 13 heteroatoms. The highest BCUT2D eigenvalue weighted by Crippen LogP contribution is 2.22. The molecular formula is C16H16Cl2F2N2O4S3. The fraction of sp³-hybridized carbons (Fsp3) is 0.125. The van der Waals surface area contributed by atoms with Gasteiger partial charge in [-0.15, -0.1) is 11.8 Å². The smallest absolute Gasteiger partial charge is 0.379 e. The van der Waals surface area contributed by atoms with Crippen LogP contribution in [-0.2, 0) is 10.4 Å². The third kappa shape index (κ3) is 10.8. The molecule has 0 heterocycles. The SMILES string of the molecule is CNC(=S)c1c(F)cccc1Cl.CSC(=N)c1c(F)cccc1Cl.O=S(=O)(O)O. The molecule has 0 bridgehead atoms. The first-order chi connectivity index (χ1) is 13.3. The summed E-state index contributed by atoms with van der Waals surface area (Å²) in [5.74, 6) is -0.844. The molecule has 2 aromatic carbocycles. The van der Waals surface area contributed by atoms with E-state index in [2.05, 4.69) is 5.32 Å². The summed E-state index contributed by atoms with van der Waals surface area (Å²) in [5, 5.41) is 10.8. The number of hydrogen-bond donors (Lipinski definition) is 4. The van der Waals surface area contributed by atoms with Gasteiger partial charge in [0.05, 0.1) is 26.2 Å². The molecule has 160 valence electrons. The van der Waals surface area contributed by atoms with Crippen LogP contribution < -0.4 is 5.32 Å². The second-order valence-electron chi connectivity index (χ2n) is 4.75. The molecule has 29 heavy (non-hydrogen) atoms. The van der Waals surface area contributed by atoms with Crippen LogP contribution in [0.25, 0.3) is 0 Å². The second-order valence-corrected chi connectivity index (χ2v) is 7.69. The van der Waals surface area contributed by atoms with E-state index in [0.29, 0.717) is 10.0 Å². The Morgan fingerprint density at radius 3 is 1.76 bits per heavy atom. The Kier molecular flexibility index (Phi) is 12.5. The highest BCUT2D eigenvalue weighted by atomic mass is 35.5. The molecule has 0 aromatic heterocycles. The van der Waals surface area contributed by atoms with Gasteiger partial charge in [0.2, 0.25) is 0 Å². The van der Waals surface area contributed by atoms with E-state index in [1.165, 1.54) is 30.0 Å². The van der Waals surface area contributed by atoms with E-state index in [-0.39, 0.29) is 21.2 Å². The Labute approximate surface area is 186 Å². The van der Waals surface area contributed by atoms with Crippen molar-refractivity contribution in [1.29, 1.82) is 5.41 Å². The van der Waals surface area contributed by atoms with E-state index in [0.717, 1.165) is 0 Å². The lowest BCUT2D eigenvalue weighted by molar-refractivity contribution is 0.381. The van der Waals surface area contributed by atoms with Gasteiger partial charge in [-0.05, 0) is 30.5 Å². The number of thiocarbonyl (C=S) groups is 1. The molecule has 4 N–H and O–H groups in total. The van der Waals surface area contributed by atoms with Crippen molar-refractivity contribution in [3.63, 3.8) is 0 Å². The van der Waals surface area contributed by atoms with Crippen LogP contribution in [0.2, 0.25) is 10.0 Å². The maximum Gasteiger partial charge on any atom is 0.394 e. The first-order valence-electron chi connectivity index (χ1n) is 7.26. The fourth-order valence-corrected chi connectivity index (χ4v) is 2.90. The van der Waals surface area contributed by atoms with Gasteiger partial charge in [0.15, 0.2) is 0 Å². The number of benzene rings is 2. The summed E-state index contributed by atoms with van der Waals surface area (Å²) in [4.78, 5) is 0.318. The van der Waals surface area contributed by atoms with Gasteiger partial charge < -0.3 is 5.32 Å². The zero-order valence-electron chi connectivity index (χ0n) is 14.9. The maximum atomic E-state index is 13.1. The van der Waals surface area contributed by atoms with Crippen molar-refractivity contribution in [2.24, 2.45) is 0 Å². The second kappa shape index (κ2) is 13.1. The van der Waals surface area contributed by atoms with Crippen molar-refractivity contribution in [3.8, 4) is 0 Å². The van der Waals surface area contributed by atoms with Crippen molar-refractivity contribution in [2.45, 2.75) is 0 Å². The van der Waals surface area contributed by atoms with Gasteiger partial charge in [-0.3, -0.25) is 14.5 Å². The van der Waals surface area contributed by atoms with Crippen molar-refractivity contribution in [1.82, 2.24) is 5.32 Å². The lowest BCUT2D eigenvalue weighted by atomic mass is 10.2. The average Bonchev–Trinajstić information content (AvgIpc) is 2.60. The molecule has 2 rings (SSSR count). The fourth-order valence-electron chi connectivity index (χ4n) is 1.66. The molecule has 0 aliphatic heterocycles. The molecule has 0 saturated heterocycles. The Hall–Kier alpha value is -1.34. The van der Waals surface area contributed by atoms with Crippen LogP contribution >= 0.6 is 47.2 Å². The Morgan fingerprint density at radius 1 is 1.07 bits per heavy atom. The van der Waals surface area contributed by atoms with E-state index in [1.54, 1.807) is 31.5 Å². The lowest BCUT2D eigenvalue weighted by Crippen LogP contribution is -2.18. The zero-order chi connectivity index (χ0) is 22.8. The minimum Gasteiger partial charge on any atom is -0.379 e. The Morgan fingerprint density at radius 2 is 1.45 bits per heavy atom. The first-order valence-corrected chi connectivity index (χ1v) is 11.0. The van der Waals surface area contributed by atoms with Gasteiger partial charge in [-0.25, -0.2) is 8.78 Å². The summed E-state index contributed by atoms with van der Waals surface area (Å²) in [7, 11) is -3.04. The molecule has 0 radical (unpaired) electrons. The van der Waals surface area contributed by atoms with Gasteiger partial charge in [0.1, 0.15) is 16.6 Å². The number of thioether (sulfide) groups is 1. The van der Waals surface area contributed by atoms with Crippen molar-refractivity contribution >= 4 is 67.6 Å². The van der Waals surface area contributed by atoms with Gasteiger partial charge in [-0.2, -0.15) is 8.42 Å². The Balaban J connectivity index is 0.000000442. The summed E-state index contributed by atoms with van der Waals surface area (Å²) in [6, 6.07) is 8.86. The van der Waals surface area contributed by atoms with Crippen molar-refractivity contribution < 1.29 is 26.3 Å². The third-order valence-corrected chi connectivity index (χ3v) is 4.46. The van der Waals surface area contributed by atoms with E-state index in [1.807, 2.05) is 0 Å². The van der Waals surface area contributed by atoms with Crippen LogP contribution in [0.1, 0.15) is 11.1 Å². The Bertz CT molecular complexity index is 865. The molecule has 0 fully saturated rings. The minimum absolute atomic E-state index is 0.151. The van der Waals surface area contributed by atoms with Crippen LogP contribution in [0.4, 0.5) is 8.78 Å². The van der Waals surface area contributed by atoms with Gasteiger partial charge in [0.25, 0.3) is 0 Å². The number of rotatable bonds is 2. The molecule has 0 aliphatic rings. The van der Waals surface area contributed by atoms with E-state index >= 15 is 0 Å². The van der Waals surface area contributed by atoms with Gasteiger partial charge in [-0.1, -0.05) is 47.6 Å². The molecule has 2 aromatic rings. The summed E-state index contributed by atoms with van der Waals surface area (Å²) < 4.78 is 57.7. The average molecular weight is 505 g/mol. The molecule has 6 nitrogen and oxygen atoms in total. The van der Waals surface area contributed by atoms with Crippen LogP contribution in [0.3, 0.4) is 0 Å². The summed E-state index contributed by atoms with van der Waals surface area (Å²) in [5.41, 5.74) is 0.448. The predicted octanol–water partition coefficient (Wildman–Crippen LogP) is 4.89. The molecule has 0 saturated carbocycles. The normalized spacial score (nSPS) is 10.1. The predicted molar refractivity (Wildman–Crippen MR) is 118 cm³/mol. The topological polar surface area (TPSA) is 110 Å². The largest absolute Gasteiger partial charge is 0.394 e. The molecule has 0 amide bonds. The number of halogens is 4. The highest BCUT2D eigenvalue weighted by Gasteiger charge is 2.11. The summed E-state index contributed by atoms with van der Waals surface area (Å²) >= 11 is 17.5. The monoisotopic (exact) mass is 504 g/mol. The van der Waals surface area contributed by atoms with Crippen LogP contribution in [-0.4, -0.2) is 40.9 Å². The highest BCUT2D eigenvalue weighted by molar-refractivity contribution is 8.13. The van der Waals surface area contributed by atoms with Crippen LogP contribution in [0.15, 0.2) is 36.4 Å². The molecular weight excluding hydrogens is 489 g/mol. The van der Waals surface area contributed by atoms with Gasteiger partial charge >= 0.3 is 10.4 Å². The van der Waals surface area contributed by atoms with Crippen molar-refractivity contribution in [3.05, 3.63) is 69.2 Å². The van der Waals surface area contributed by atoms with E-state index < -0.39 is 22.0 Å². The quantitative estimate of drug-likeness (QED) is 0.199. The number of nitrogens with one attached hydrogen (secondary N) is 2. The van der Waals surface area contributed by atoms with Crippen LogP contribution in [0.5, 0.6) is 0 Å². The summed E-state index contributed by atoms with van der Waals surface area (Å²) in [6.45, 7) is 0. The van der Waals surface area contributed by atoms with Crippen LogP contribution in [0, 0.1) is 17.0 Å². The molecule has 0 unspecified atom stereocenters. The summed E-state index contributed by atoms with van der Waals surface area (Å²) in [6.07, 6.45) is 1.71. The molecule has 0 atom stereocenters. The van der Waals surface area contributed by atoms with Crippen molar-refractivity contribution in [2.75, 3.05) is 13.3 Å². The van der Waals surface area contributed by atoms with E-state index in [9.17, 15) is 8.78 Å². The van der Waals surface area contributed by atoms with Gasteiger partial charge in [0, 0.05) is 7.05 Å². The molecule has 0 spiro atoms. The zero-order valence-corrected chi connectivity index (χ0v) is 18.9. The molecule has 0 aliphatic carbocycles. The lowest BCUT2D eigenvalue weighted by Gasteiger charge is -2.05.